The molecular formula is C29H32ClN3O3. The van der Waals surface area contributed by atoms with Crippen LogP contribution in [0.1, 0.15) is 77.5 Å². The molecule has 1 aliphatic rings. The summed E-state index contributed by atoms with van der Waals surface area (Å²) in [6, 6.07) is 21.1. The number of carbonyl (C=O) groups excluding carboxylic acids is 1. The Labute approximate surface area is 216 Å². The normalized spacial score (nSPS) is 14.7. The molecule has 7 heteroatoms. The lowest BCUT2D eigenvalue weighted by atomic mass is 9.82. The van der Waals surface area contributed by atoms with Gasteiger partial charge in [-0.3, -0.25) is 9.59 Å². The Morgan fingerprint density at radius 3 is 2.33 bits per heavy atom. The number of nitrogens with two attached hydrogens (primary N) is 1. The van der Waals surface area contributed by atoms with Gasteiger partial charge in [-0.05, 0) is 72.4 Å². The first kappa shape index (κ1) is 25.6. The second-order valence-corrected chi connectivity index (χ2v) is 9.77. The van der Waals surface area contributed by atoms with E-state index in [2.05, 4.69) is 22.8 Å². The van der Waals surface area contributed by atoms with E-state index in [0.29, 0.717) is 16.5 Å². The highest BCUT2D eigenvalue weighted by Gasteiger charge is 2.21. The number of amides is 1. The van der Waals surface area contributed by atoms with Crippen molar-refractivity contribution in [2.75, 3.05) is 17.6 Å². The summed E-state index contributed by atoms with van der Waals surface area (Å²) in [6.45, 7) is 0.0867. The Bertz CT molecular complexity index is 1190. The van der Waals surface area contributed by atoms with Gasteiger partial charge in [0.25, 0.3) is 5.91 Å². The lowest BCUT2D eigenvalue weighted by Gasteiger charge is -2.26. The molecule has 1 unspecified atom stereocenters. The quantitative estimate of drug-likeness (QED) is 0.253. The van der Waals surface area contributed by atoms with Crippen molar-refractivity contribution >= 4 is 34.9 Å². The zero-order valence-corrected chi connectivity index (χ0v) is 20.9. The fourth-order valence-corrected chi connectivity index (χ4v) is 4.92. The maximum Gasteiger partial charge on any atom is 0.305 e. The van der Waals surface area contributed by atoms with Crippen molar-refractivity contribution in [1.29, 1.82) is 0 Å². The zero-order chi connectivity index (χ0) is 25.5. The van der Waals surface area contributed by atoms with Gasteiger partial charge in [0.2, 0.25) is 0 Å². The number of rotatable bonds is 9. The van der Waals surface area contributed by atoms with Gasteiger partial charge >= 0.3 is 5.97 Å². The molecule has 36 heavy (non-hydrogen) atoms. The standard InChI is InChI=1S/C29H32ClN3O3/c30-23-11-6-20(7-12-23)28(25-18-22(10-15-26(25)31)19-4-2-1-3-5-19)33-24-13-8-21(9-14-24)29(36)32-17-16-27(34)35/h6-15,18-19,28,33H,1-5,16-17,31H2,(H,32,36)(H,34,35). The van der Waals surface area contributed by atoms with Crippen molar-refractivity contribution in [3.63, 3.8) is 0 Å². The molecule has 1 fully saturated rings. The molecule has 0 aromatic heterocycles. The van der Waals surface area contributed by atoms with Crippen LogP contribution in [-0.2, 0) is 4.79 Å². The minimum absolute atomic E-state index is 0.0867. The summed E-state index contributed by atoms with van der Waals surface area (Å²) in [6.07, 6.45) is 6.13. The summed E-state index contributed by atoms with van der Waals surface area (Å²) < 4.78 is 0. The number of hydrogen-bond acceptors (Lipinski definition) is 4. The number of benzene rings is 3. The second-order valence-electron chi connectivity index (χ2n) is 9.33. The van der Waals surface area contributed by atoms with Crippen molar-refractivity contribution < 1.29 is 14.7 Å². The summed E-state index contributed by atoms with van der Waals surface area (Å²) in [5, 5.41) is 15.6. The molecule has 188 valence electrons. The Kier molecular flexibility index (Phi) is 8.49. The molecule has 5 N–H and O–H groups in total. The van der Waals surface area contributed by atoms with E-state index in [1.54, 1.807) is 12.1 Å². The number of carboxylic acids is 1. The van der Waals surface area contributed by atoms with Gasteiger partial charge in [-0.15, -0.1) is 0 Å². The van der Waals surface area contributed by atoms with Crippen LogP contribution in [0.3, 0.4) is 0 Å². The van der Waals surface area contributed by atoms with E-state index in [1.807, 2.05) is 42.5 Å². The van der Waals surface area contributed by atoms with E-state index in [4.69, 9.17) is 22.4 Å². The lowest BCUT2D eigenvalue weighted by molar-refractivity contribution is -0.136. The van der Waals surface area contributed by atoms with Gasteiger partial charge in [0, 0.05) is 34.1 Å². The number of carbonyl (C=O) groups is 2. The topological polar surface area (TPSA) is 104 Å². The summed E-state index contributed by atoms with van der Waals surface area (Å²) >= 11 is 6.17. The molecule has 3 aromatic rings. The smallest absolute Gasteiger partial charge is 0.305 e. The van der Waals surface area contributed by atoms with Crippen LogP contribution in [0.15, 0.2) is 66.7 Å². The Morgan fingerprint density at radius 2 is 1.67 bits per heavy atom. The van der Waals surface area contributed by atoms with Crippen LogP contribution in [0, 0.1) is 0 Å². The zero-order valence-electron chi connectivity index (χ0n) is 20.2. The highest BCUT2D eigenvalue weighted by molar-refractivity contribution is 6.30. The number of hydrogen-bond donors (Lipinski definition) is 4. The molecule has 3 aromatic carbocycles. The van der Waals surface area contributed by atoms with E-state index in [-0.39, 0.29) is 24.9 Å². The van der Waals surface area contributed by atoms with Crippen LogP contribution in [0.4, 0.5) is 11.4 Å². The molecule has 0 saturated heterocycles. The molecule has 4 rings (SSSR count). The third kappa shape index (κ3) is 6.58. The van der Waals surface area contributed by atoms with E-state index in [0.717, 1.165) is 22.5 Å². The van der Waals surface area contributed by atoms with Gasteiger partial charge in [-0.25, -0.2) is 0 Å². The fourth-order valence-electron chi connectivity index (χ4n) is 4.80. The monoisotopic (exact) mass is 505 g/mol. The lowest BCUT2D eigenvalue weighted by Crippen LogP contribution is -2.25. The van der Waals surface area contributed by atoms with Crippen molar-refractivity contribution in [2.45, 2.75) is 50.5 Å². The van der Waals surface area contributed by atoms with Crippen LogP contribution in [0.25, 0.3) is 0 Å². The third-order valence-corrected chi connectivity index (χ3v) is 7.04. The first-order valence-electron chi connectivity index (χ1n) is 12.4. The molecule has 0 aliphatic heterocycles. The van der Waals surface area contributed by atoms with Crippen molar-refractivity contribution in [1.82, 2.24) is 5.32 Å². The number of carboxylic acid groups (broad SMARTS) is 1. The molecular weight excluding hydrogens is 474 g/mol. The summed E-state index contributed by atoms with van der Waals surface area (Å²) in [5.41, 5.74) is 11.9. The number of nitrogens with one attached hydrogen (secondary N) is 2. The summed E-state index contributed by atoms with van der Waals surface area (Å²) in [7, 11) is 0. The highest BCUT2D eigenvalue weighted by atomic mass is 35.5. The van der Waals surface area contributed by atoms with E-state index in [1.165, 1.54) is 37.7 Å². The first-order chi connectivity index (χ1) is 17.4. The van der Waals surface area contributed by atoms with E-state index >= 15 is 0 Å². The highest BCUT2D eigenvalue weighted by Crippen LogP contribution is 2.37. The number of halogens is 1. The van der Waals surface area contributed by atoms with Gasteiger partial charge in [0.05, 0.1) is 12.5 Å². The van der Waals surface area contributed by atoms with Crippen molar-refractivity contribution in [2.24, 2.45) is 0 Å². The van der Waals surface area contributed by atoms with Crippen LogP contribution in [0.2, 0.25) is 5.02 Å². The molecule has 1 aliphatic carbocycles. The fraction of sp³-hybridized carbons (Fsp3) is 0.310. The maximum atomic E-state index is 12.3. The van der Waals surface area contributed by atoms with Crippen LogP contribution in [0.5, 0.6) is 0 Å². The molecule has 1 atom stereocenters. The molecule has 0 spiro atoms. The SMILES string of the molecule is Nc1ccc(C2CCCCC2)cc1C(Nc1ccc(C(=O)NCCC(=O)O)cc1)c1ccc(Cl)cc1. The van der Waals surface area contributed by atoms with Gasteiger partial charge in [-0.2, -0.15) is 0 Å². The molecule has 0 bridgehead atoms. The first-order valence-corrected chi connectivity index (χ1v) is 12.8. The maximum absolute atomic E-state index is 12.3. The van der Waals surface area contributed by atoms with Crippen LogP contribution in [-0.4, -0.2) is 23.5 Å². The summed E-state index contributed by atoms with van der Waals surface area (Å²) in [4.78, 5) is 23.0. The van der Waals surface area contributed by atoms with Crippen LogP contribution < -0.4 is 16.4 Å². The van der Waals surface area contributed by atoms with Crippen molar-refractivity contribution in [3.05, 3.63) is 94.0 Å². The summed E-state index contributed by atoms with van der Waals surface area (Å²) in [5.74, 6) is -0.695. The molecule has 0 radical (unpaired) electrons. The number of anilines is 2. The minimum Gasteiger partial charge on any atom is -0.481 e. The van der Waals surface area contributed by atoms with Gasteiger partial charge in [0.15, 0.2) is 0 Å². The largest absolute Gasteiger partial charge is 0.481 e. The second kappa shape index (κ2) is 12.0. The average molecular weight is 506 g/mol. The number of aliphatic carboxylic acids is 1. The minimum atomic E-state index is -0.949. The van der Waals surface area contributed by atoms with Gasteiger partial charge < -0.3 is 21.5 Å². The molecule has 0 heterocycles. The predicted octanol–water partition coefficient (Wildman–Crippen LogP) is 6.38. The predicted molar refractivity (Wildman–Crippen MR) is 145 cm³/mol. The average Bonchev–Trinajstić information content (AvgIpc) is 2.89. The Hall–Kier alpha value is -3.51. The number of nitrogen functional groups attached to an aromatic ring is 1. The molecule has 6 nitrogen and oxygen atoms in total. The molecule has 1 amide bonds. The third-order valence-electron chi connectivity index (χ3n) is 6.78. The Balaban J connectivity index is 1.59. The van der Waals surface area contributed by atoms with Gasteiger partial charge in [0.1, 0.15) is 0 Å². The Morgan fingerprint density at radius 1 is 0.972 bits per heavy atom. The van der Waals surface area contributed by atoms with E-state index < -0.39 is 5.97 Å². The van der Waals surface area contributed by atoms with Crippen molar-refractivity contribution in [3.8, 4) is 0 Å². The van der Waals surface area contributed by atoms with Crippen LogP contribution >= 0.6 is 11.6 Å². The van der Waals surface area contributed by atoms with E-state index in [9.17, 15) is 9.59 Å². The van der Waals surface area contributed by atoms with Gasteiger partial charge in [-0.1, -0.05) is 55.1 Å². The molecule has 1 saturated carbocycles.